The van der Waals surface area contributed by atoms with E-state index < -0.39 is 0 Å². The lowest BCUT2D eigenvalue weighted by Crippen LogP contribution is -2.28. The molecule has 0 aliphatic carbocycles. The van der Waals surface area contributed by atoms with Crippen molar-refractivity contribution in [3.63, 3.8) is 0 Å². The van der Waals surface area contributed by atoms with Crippen molar-refractivity contribution in [1.82, 2.24) is 5.32 Å². The molecule has 1 aromatic carbocycles. The molecule has 0 aliphatic rings. The van der Waals surface area contributed by atoms with Gasteiger partial charge in [-0.2, -0.15) is 0 Å². The summed E-state index contributed by atoms with van der Waals surface area (Å²) in [5, 5.41) is 3.24. The summed E-state index contributed by atoms with van der Waals surface area (Å²) < 4.78 is 0. The Balaban J connectivity index is 2.61. The van der Waals surface area contributed by atoms with E-state index in [1.165, 1.54) is 0 Å². The second-order valence-electron chi connectivity index (χ2n) is 3.96. The van der Waals surface area contributed by atoms with Crippen LogP contribution < -0.4 is 5.32 Å². The van der Waals surface area contributed by atoms with Crippen LogP contribution in [0.4, 0.5) is 0 Å². The zero-order valence-electron chi connectivity index (χ0n) is 9.71. The molecule has 0 spiro atoms. The number of carbonyl (C=O) groups excluding carboxylic acids is 1. The molecule has 1 aromatic rings. The van der Waals surface area contributed by atoms with Gasteiger partial charge in [0.1, 0.15) is 0 Å². The van der Waals surface area contributed by atoms with E-state index >= 15 is 0 Å². The van der Waals surface area contributed by atoms with Gasteiger partial charge >= 0.3 is 0 Å². The van der Waals surface area contributed by atoms with Crippen molar-refractivity contribution in [1.29, 1.82) is 0 Å². The van der Waals surface area contributed by atoms with Gasteiger partial charge < -0.3 is 5.32 Å². The summed E-state index contributed by atoms with van der Waals surface area (Å²) in [6.07, 6.45) is 0.567. The van der Waals surface area contributed by atoms with E-state index in [-0.39, 0.29) is 11.8 Å². The first-order chi connectivity index (χ1) is 7.13. The van der Waals surface area contributed by atoms with Crippen molar-refractivity contribution in [2.75, 3.05) is 6.54 Å². The Morgan fingerprint density at radius 1 is 1.47 bits per heavy atom. The monoisotopic (exact) mass is 205 g/mol. The van der Waals surface area contributed by atoms with Crippen molar-refractivity contribution in [2.45, 2.75) is 33.2 Å². The van der Waals surface area contributed by atoms with Gasteiger partial charge in [-0.05, 0) is 26.5 Å². The first kappa shape index (κ1) is 11.9. The molecular weight excluding hydrogens is 186 g/mol. The highest BCUT2D eigenvalue weighted by Gasteiger charge is 2.09. The topological polar surface area (TPSA) is 29.1 Å². The van der Waals surface area contributed by atoms with Gasteiger partial charge in [0.2, 0.25) is 0 Å². The van der Waals surface area contributed by atoms with Crippen molar-refractivity contribution < 1.29 is 4.79 Å². The van der Waals surface area contributed by atoms with Gasteiger partial charge in [0.15, 0.2) is 5.78 Å². The van der Waals surface area contributed by atoms with Crippen molar-refractivity contribution in [2.24, 2.45) is 0 Å². The second-order valence-corrected chi connectivity index (χ2v) is 3.96. The molecule has 82 valence electrons. The van der Waals surface area contributed by atoms with Gasteiger partial charge in [0, 0.05) is 18.0 Å². The molecular formula is C13H19NO. The van der Waals surface area contributed by atoms with Gasteiger partial charge in [0.05, 0.1) is 0 Å². The van der Waals surface area contributed by atoms with Gasteiger partial charge in [-0.3, -0.25) is 4.79 Å². The molecule has 0 fully saturated rings. The standard InChI is InChI=1S/C13H19NO/c1-4-14-11(3)9-13(15)12-7-5-6-10(2)8-12/h5-8,11,14H,4,9H2,1-3H3. The van der Waals surface area contributed by atoms with E-state index in [1.54, 1.807) is 0 Å². The number of nitrogens with one attached hydrogen (secondary N) is 1. The van der Waals surface area contributed by atoms with Crippen molar-refractivity contribution in [3.8, 4) is 0 Å². The molecule has 0 aromatic heterocycles. The molecule has 0 radical (unpaired) electrons. The fourth-order valence-corrected chi connectivity index (χ4v) is 1.64. The third-order valence-electron chi connectivity index (χ3n) is 2.38. The summed E-state index contributed by atoms with van der Waals surface area (Å²) in [6.45, 7) is 7.00. The number of rotatable bonds is 5. The van der Waals surface area contributed by atoms with Gasteiger partial charge in [-0.1, -0.05) is 30.7 Å². The maximum atomic E-state index is 11.8. The van der Waals surface area contributed by atoms with Gasteiger partial charge in [-0.15, -0.1) is 0 Å². The summed E-state index contributed by atoms with van der Waals surface area (Å²) in [7, 11) is 0. The Bertz CT molecular complexity index is 333. The van der Waals surface area contributed by atoms with Crippen LogP contribution in [0.15, 0.2) is 24.3 Å². The first-order valence-corrected chi connectivity index (χ1v) is 5.46. The van der Waals surface area contributed by atoms with Crippen LogP contribution in [0.5, 0.6) is 0 Å². The Hall–Kier alpha value is -1.15. The van der Waals surface area contributed by atoms with Crippen LogP contribution in [0.2, 0.25) is 0 Å². The Kier molecular flexibility index (Phi) is 4.50. The number of hydrogen-bond donors (Lipinski definition) is 1. The highest BCUT2D eigenvalue weighted by molar-refractivity contribution is 5.96. The number of Topliss-reactive ketones (excluding diaryl/α,β-unsaturated/α-hetero) is 1. The molecule has 15 heavy (non-hydrogen) atoms. The minimum absolute atomic E-state index is 0.215. The fraction of sp³-hybridized carbons (Fsp3) is 0.462. The molecule has 1 rings (SSSR count). The van der Waals surface area contributed by atoms with Crippen molar-refractivity contribution in [3.05, 3.63) is 35.4 Å². The van der Waals surface area contributed by atoms with E-state index in [1.807, 2.05) is 45.0 Å². The van der Waals surface area contributed by atoms with Crippen LogP contribution in [0, 0.1) is 6.92 Å². The minimum atomic E-state index is 0.215. The molecule has 1 unspecified atom stereocenters. The van der Waals surface area contributed by atoms with Crippen LogP contribution >= 0.6 is 0 Å². The smallest absolute Gasteiger partial charge is 0.164 e. The fourth-order valence-electron chi connectivity index (χ4n) is 1.64. The highest BCUT2D eigenvalue weighted by Crippen LogP contribution is 2.08. The molecule has 2 nitrogen and oxygen atoms in total. The number of hydrogen-bond acceptors (Lipinski definition) is 2. The summed E-state index contributed by atoms with van der Waals surface area (Å²) in [5.41, 5.74) is 1.96. The summed E-state index contributed by atoms with van der Waals surface area (Å²) >= 11 is 0. The predicted molar refractivity (Wildman–Crippen MR) is 63.3 cm³/mol. The molecule has 0 bridgehead atoms. The number of benzene rings is 1. The lowest BCUT2D eigenvalue weighted by atomic mass is 10.0. The number of carbonyl (C=O) groups is 1. The van der Waals surface area contributed by atoms with Crippen LogP contribution in [0.3, 0.4) is 0 Å². The maximum absolute atomic E-state index is 11.8. The summed E-state index contributed by atoms with van der Waals surface area (Å²) in [4.78, 5) is 11.8. The quantitative estimate of drug-likeness (QED) is 0.748. The molecule has 0 saturated carbocycles. The van der Waals surface area contributed by atoms with Crippen LogP contribution in [-0.4, -0.2) is 18.4 Å². The van der Waals surface area contributed by atoms with E-state index in [2.05, 4.69) is 5.32 Å². The minimum Gasteiger partial charge on any atom is -0.314 e. The first-order valence-electron chi connectivity index (χ1n) is 5.46. The molecule has 0 aliphatic heterocycles. The van der Waals surface area contributed by atoms with E-state index in [9.17, 15) is 4.79 Å². The van der Waals surface area contributed by atoms with Crippen molar-refractivity contribution >= 4 is 5.78 Å². The summed E-state index contributed by atoms with van der Waals surface area (Å²) in [5.74, 6) is 0.215. The number of ketones is 1. The Labute approximate surface area is 91.7 Å². The molecule has 1 atom stereocenters. The summed E-state index contributed by atoms with van der Waals surface area (Å²) in [6, 6.07) is 8.02. The molecule has 1 N–H and O–H groups in total. The number of aryl methyl sites for hydroxylation is 1. The lowest BCUT2D eigenvalue weighted by Gasteiger charge is -2.11. The molecule has 0 amide bonds. The van der Waals surface area contributed by atoms with Crippen LogP contribution in [0.1, 0.15) is 36.2 Å². The average molecular weight is 205 g/mol. The Morgan fingerprint density at radius 3 is 2.80 bits per heavy atom. The van der Waals surface area contributed by atoms with Crippen LogP contribution in [0.25, 0.3) is 0 Å². The van der Waals surface area contributed by atoms with E-state index in [0.717, 1.165) is 17.7 Å². The predicted octanol–water partition coefficient (Wildman–Crippen LogP) is 2.57. The lowest BCUT2D eigenvalue weighted by molar-refractivity contribution is 0.0971. The SMILES string of the molecule is CCNC(C)CC(=O)c1cccc(C)c1. The third kappa shape index (κ3) is 3.84. The largest absolute Gasteiger partial charge is 0.314 e. The molecule has 0 saturated heterocycles. The third-order valence-corrected chi connectivity index (χ3v) is 2.38. The van der Waals surface area contributed by atoms with E-state index in [0.29, 0.717) is 6.42 Å². The average Bonchev–Trinajstić information content (AvgIpc) is 2.18. The second kappa shape index (κ2) is 5.66. The Morgan fingerprint density at radius 2 is 2.20 bits per heavy atom. The zero-order valence-corrected chi connectivity index (χ0v) is 9.71. The normalized spacial score (nSPS) is 12.5. The van der Waals surface area contributed by atoms with E-state index in [4.69, 9.17) is 0 Å². The molecule has 0 heterocycles. The van der Waals surface area contributed by atoms with Gasteiger partial charge in [-0.25, -0.2) is 0 Å². The van der Waals surface area contributed by atoms with Crippen LogP contribution in [-0.2, 0) is 0 Å². The zero-order chi connectivity index (χ0) is 11.3. The van der Waals surface area contributed by atoms with Gasteiger partial charge in [0.25, 0.3) is 0 Å². The highest BCUT2D eigenvalue weighted by atomic mass is 16.1. The maximum Gasteiger partial charge on any atom is 0.164 e. The molecule has 2 heteroatoms.